The second-order valence-corrected chi connectivity index (χ2v) is 4.85. The fourth-order valence-electron chi connectivity index (χ4n) is 2.28. The number of amides is 1. The number of ether oxygens (including phenoxy) is 1. The number of anilines is 1. The van der Waals surface area contributed by atoms with Crippen LogP contribution in [0.1, 0.15) is 26.2 Å². The maximum absolute atomic E-state index is 11.7. The molecule has 0 saturated carbocycles. The van der Waals surface area contributed by atoms with E-state index in [4.69, 9.17) is 9.84 Å². The van der Waals surface area contributed by atoms with E-state index in [2.05, 4.69) is 0 Å². The van der Waals surface area contributed by atoms with Gasteiger partial charge in [0.1, 0.15) is 12.4 Å². The third-order valence-electron chi connectivity index (χ3n) is 3.44. The van der Waals surface area contributed by atoms with E-state index in [0.29, 0.717) is 24.2 Å². The van der Waals surface area contributed by atoms with Crippen LogP contribution < -0.4 is 9.64 Å². The lowest BCUT2D eigenvalue weighted by Gasteiger charge is -2.16. The number of carboxylic acids is 1. The summed E-state index contributed by atoms with van der Waals surface area (Å²) in [7, 11) is 0. The van der Waals surface area contributed by atoms with Crippen molar-refractivity contribution in [2.45, 2.75) is 26.2 Å². The Morgan fingerprint density at radius 1 is 1.48 bits per heavy atom. The van der Waals surface area contributed by atoms with Crippen LogP contribution in [0.25, 0.3) is 0 Å². The van der Waals surface area contributed by atoms with Crippen LogP contribution in [-0.2, 0) is 9.59 Å². The zero-order chi connectivity index (χ0) is 15.2. The smallest absolute Gasteiger partial charge is 0.331 e. The Morgan fingerprint density at radius 2 is 2.29 bits per heavy atom. The van der Waals surface area contributed by atoms with Gasteiger partial charge < -0.3 is 14.7 Å². The topological polar surface area (TPSA) is 66.8 Å². The number of carboxylic acid groups (broad SMARTS) is 1. The van der Waals surface area contributed by atoms with Crippen LogP contribution in [0.15, 0.2) is 35.9 Å². The molecule has 2 rings (SSSR count). The molecule has 0 spiro atoms. The van der Waals surface area contributed by atoms with Gasteiger partial charge in [0.25, 0.3) is 0 Å². The summed E-state index contributed by atoms with van der Waals surface area (Å²) in [6.07, 6.45) is 3.49. The Morgan fingerprint density at radius 3 is 2.90 bits per heavy atom. The van der Waals surface area contributed by atoms with Crippen molar-refractivity contribution >= 4 is 17.6 Å². The zero-order valence-electron chi connectivity index (χ0n) is 12.0. The molecule has 1 aromatic carbocycles. The number of rotatable bonds is 6. The van der Waals surface area contributed by atoms with Crippen molar-refractivity contribution in [1.29, 1.82) is 0 Å². The Labute approximate surface area is 123 Å². The van der Waals surface area contributed by atoms with Gasteiger partial charge in [0.05, 0.1) is 0 Å². The highest BCUT2D eigenvalue weighted by Gasteiger charge is 2.21. The summed E-state index contributed by atoms with van der Waals surface area (Å²) in [4.78, 5) is 24.3. The van der Waals surface area contributed by atoms with Crippen molar-refractivity contribution < 1.29 is 19.4 Å². The molecule has 0 atom stereocenters. The fourth-order valence-corrected chi connectivity index (χ4v) is 2.28. The first kappa shape index (κ1) is 15.1. The minimum absolute atomic E-state index is 0.131. The second-order valence-electron chi connectivity index (χ2n) is 4.85. The van der Waals surface area contributed by atoms with Crippen molar-refractivity contribution in [2.75, 3.05) is 18.1 Å². The van der Waals surface area contributed by atoms with Crippen molar-refractivity contribution in [3.63, 3.8) is 0 Å². The quantitative estimate of drug-likeness (QED) is 0.817. The Bertz CT molecular complexity index is 565. The highest BCUT2D eigenvalue weighted by molar-refractivity contribution is 5.95. The van der Waals surface area contributed by atoms with Crippen LogP contribution in [0.5, 0.6) is 5.75 Å². The van der Waals surface area contributed by atoms with E-state index in [1.165, 1.54) is 0 Å². The molecule has 1 N–H and O–H groups in total. The largest absolute Gasteiger partial charge is 0.489 e. The fraction of sp³-hybridized carbons (Fsp3) is 0.375. The molecule has 0 aromatic heterocycles. The van der Waals surface area contributed by atoms with Gasteiger partial charge in [-0.05, 0) is 31.1 Å². The van der Waals surface area contributed by atoms with Gasteiger partial charge in [-0.1, -0.05) is 13.0 Å². The van der Waals surface area contributed by atoms with Gasteiger partial charge in [0.15, 0.2) is 0 Å². The second kappa shape index (κ2) is 6.92. The van der Waals surface area contributed by atoms with Crippen molar-refractivity contribution in [3.8, 4) is 5.75 Å². The molecule has 1 heterocycles. The van der Waals surface area contributed by atoms with Crippen molar-refractivity contribution in [2.24, 2.45) is 0 Å². The molecule has 1 fully saturated rings. The molecule has 5 heteroatoms. The predicted molar refractivity (Wildman–Crippen MR) is 79.5 cm³/mol. The monoisotopic (exact) mass is 289 g/mol. The van der Waals surface area contributed by atoms with Crippen LogP contribution in [0, 0.1) is 0 Å². The molecule has 0 unspecified atom stereocenters. The molecule has 1 amide bonds. The van der Waals surface area contributed by atoms with E-state index in [0.717, 1.165) is 18.7 Å². The predicted octanol–water partition coefficient (Wildman–Crippen LogP) is 2.61. The third kappa shape index (κ3) is 3.84. The average Bonchev–Trinajstić information content (AvgIpc) is 2.90. The standard InChI is InChI=1S/C16H19NO4/c1-2-12(16(19)20)8-10-21-14-6-3-5-13(11-14)17-9-4-7-15(17)18/h3,5-6,8,11H,2,4,7,9-10H2,1H3,(H,19,20). The summed E-state index contributed by atoms with van der Waals surface area (Å²) in [6, 6.07) is 7.31. The summed E-state index contributed by atoms with van der Waals surface area (Å²) in [5.74, 6) is -0.159. The SMILES string of the molecule is CCC(=CCOc1cccc(N2CCCC2=O)c1)C(=O)O. The molecule has 1 aliphatic rings. The van der Waals surface area contributed by atoms with Crippen LogP contribution in [0.2, 0.25) is 0 Å². The highest BCUT2D eigenvalue weighted by atomic mass is 16.5. The molecule has 112 valence electrons. The number of carbonyl (C=O) groups excluding carboxylic acids is 1. The first-order chi connectivity index (χ1) is 10.1. The number of hydrogen-bond donors (Lipinski definition) is 1. The molecule has 21 heavy (non-hydrogen) atoms. The van der Waals surface area contributed by atoms with Gasteiger partial charge in [-0.15, -0.1) is 0 Å². The van der Waals surface area contributed by atoms with E-state index >= 15 is 0 Å². The van der Waals surface area contributed by atoms with Crippen LogP contribution >= 0.6 is 0 Å². The van der Waals surface area contributed by atoms with Crippen molar-refractivity contribution in [3.05, 3.63) is 35.9 Å². The van der Waals surface area contributed by atoms with Gasteiger partial charge in [-0.3, -0.25) is 4.79 Å². The lowest BCUT2D eigenvalue weighted by molar-refractivity contribution is -0.132. The van der Waals surface area contributed by atoms with E-state index in [1.807, 2.05) is 18.2 Å². The van der Waals surface area contributed by atoms with Gasteiger partial charge >= 0.3 is 5.97 Å². The lowest BCUT2D eigenvalue weighted by Crippen LogP contribution is -2.23. The molecular formula is C16H19NO4. The first-order valence-corrected chi connectivity index (χ1v) is 7.07. The number of aliphatic carboxylic acids is 1. The van der Waals surface area contributed by atoms with Crippen LogP contribution in [0.3, 0.4) is 0 Å². The molecule has 0 bridgehead atoms. The molecule has 0 aliphatic carbocycles. The Kier molecular flexibility index (Phi) is 4.98. The summed E-state index contributed by atoms with van der Waals surface area (Å²) < 4.78 is 5.55. The normalized spacial score (nSPS) is 15.4. The summed E-state index contributed by atoms with van der Waals surface area (Å²) in [5.41, 5.74) is 1.16. The van der Waals surface area contributed by atoms with Gasteiger partial charge in [0, 0.05) is 30.3 Å². The Balaban J connectivity index is 2.01. The third-order valence-corrected chi connectivity index (χ3v) is 3.44. The molecule has 1 saturated heterocycles. The number of benzene rings is 1. The van der Waals surface area contributed by atoms with Gasteiger partial charge in [-0.2, -0.15) is 0 Å². The average molecular weight is 289 g/mol. The minimum Gasteiger partial charge on any atom is -0.489 e. The number of nitrogens with zero attached hydrogens (tertiary/aromatic N) is 1. The van der Waals surface area contributed by atoms with Gasteiger partial charge in [0.2, 0.25) is 5.91 Å². The Hall–Kier alpha value is -2.30. The van der Waals surface area contributed by atoms with E-state index in [-0.39, 0.29) is 12.5 Å². The van der Waals surface area contributed by atoms with Crippen molar-refractivity contribution in [1.82, 2.24) is 0 Å². The molecular weight excluding hydrogens is 270 g/mol. The van der Waals surface area contributed by atoms with E-state index in [9.17, 15) is 9.59 Å². The van der Waals surface area contributed by atoms with E-state index < -0.39 is 5.97 Å². The summed E-state index contributed by atoms with van der Waals surface area (Å²) in [6.45, 7) is 2.73. The summed E-state index contributed by atoms with van der Waals surface area (Å²) >= 11 is 0. The maximum Gasteiger partial charge on any atom is 0.331 e. The zero-order valence-corrected chi connectivity index (χ0v) is 12.0. The molecule has 1 aromatic rings. The molecule has 0 radical (unpaired) electrons. The first-order valence-electron chi connectivity index (χ1n) is 7.07. The van der Waals surface area contributed by atoms with Crippen LogP contribution in [0.4, 0.5) is 5.69 Å². The minimum atomic E-state index is -0.919. The van der Waals surface area contributed by atoms with Crippen LogP contribution in [-0.4, -0.2) is 30.1 Å². The molecule has 5 nitrogen and oxygen atoms in total. The highest BCUT2D eigenvalue weighted by Crippen LogP contribution is 2.25. The maximum atomic E-state index is 11.7. The molecule has 1 aliphatic heterocycles. The summed E-state index contributed by atoms with van der Waals surface area (Å²) in [5, 5.41) is 8.92. The lowest BCUT2D eigenvalue weighted by atomic mass is 10.2. The van der Waals surface area contributed by atoms with E-state index in [1.54, 1.807) is 24.0 Å². The number of carbonyl (C=O) groups is 2. The van der Waals surface area contributed by atoms with Gasteiger partial charge in [-0.25, -0.2) is 4.79 Å². The number of hydrogen-bond acceptors (Lipinski definition) is 3.